The van der Waals surface area contributed by atoms with Crippen molar-refractivity contribution in [3.63, 3.8) is 0 Å². The van der Waals surface area contributed by atoms with Crippen molar-refractivity contribution in [2.75, 3.05) is 5.32 Å². The van der Waals surface area contributed by atoms with Crippen LogP contribution in [0.5, 0.6) is 0 Å². The third kappa shape index (κ3) is 2.97. The lowest BCUT2D eigenvalue weighted by Gasteiger charge is -2.06. The number of aryl methyl sites for hydroxylation is 1. The molecular formula is C14H8Cl2F3N3OS. The minimum atomic E-state index is -4.59. The molecule has 0 saturated carbocycles. The molecule has 3 aromatic rings. The van der Waals surface area contributed by atoms with Crippen LogP contribution in [0.1, 0.15) is 15.4 Å². The zero-order valence-electron chi connectivity index (χ0n) is 11.9. The summed E-state index contributed by atoms with van der Waals surface area (Å²) in [5.41, 5.74) is -0.739. The molecule has 2 aromatic heterocycles. The van der Waals surface area contributed by atoms with Crippen molar-refractivity contribution in [2.24, 2.45) is 7.05 Å². The fourth-order valence-electron chi connectivity index (χ4n) is 2.15. The summed E-state index contributed by atoms with van der Waals surface area (Å²) in [6, 6.07) is 5.87. The molecular weight excluding hydrogens is 386 g/mol. The van der Waals surface area contributed by atoms with Crippen LogP contribution >= 0.6 is 34.5 Å². The number of thiophene rings is 1. The van der Waals surface area contributed by atoms with E-state index in [1.54, 1.807) is 18.2 Å². The molecule has 1 aromatic carbocycles. The minimum Gasteiger partial charge on any atom is -0.320 e. The first-order valence-corrected chi connectivity index (χ1v) is 8.05. The quantitative estimate of drug-likeness (QED) is 0.649. The van der Waals surface area contributed by atoms with E-state index in [1.165, 1.54) is 13.1 Å². The molecule has 0 aliphatic heterocycles. The van der Waals surface area contributed by atoms with Gasteiger partial charge >= 0.3 is 6.18 Å². The van der Waals surface area contributed by atoms with Gasteiger partial charge in [-0.25, -0.2) is 0 Å². The average Bonchev–Trinajstić information content (AvgIpc) is 3.04. The molecule has 0 bridgehead atoms. The highest BCUT2D eigenvalue weighted by Crippen LogP contribution is 2.38. The lowest BCUT2D eigenvalue weighted by Crippen LogP contribution is -2.11. The van der Waals surface area contributed by atoms with Gasteiger partial charge in [0.2, 0.25) is 0 Å². The zero-order chi connectivity index (χ0) is 17.6. The van der Waals surface area contributed by atoms with Gasteiger partial charge < -0.3 is 5.32 Å². The van der Waals surface area contributed by atoms with Crippen LogP contribution in [0.3, 0.4) is 0 Å². The number of rotatable bonds is 2. The third-order valence-electron chi connectivity index (χ3n) is 3.20. The Morgan fingerprint density at radius 3 is 2.71 bits per heavy atom. The molecule has 0 saturated heterocycles. The Kier molecular flexibility index (Phi) is 4.23. The van der Waals surface area contributed by atoms with Gasteiger partial charge in [0.05, 0.1) is 20.6 Å². The number of hydrogen-bond donors (Lipinski definition) is 1. The van der Waals surface area contributed by atoms with Gasteiger partial charge in [0.1, 0.15) is 4.83 Å². The number of carbonyl (C=O) groups is 1. The Balaban J connectivity index is 1.98. The molecule has 1 amide bonds. The van der Waals surface area contributed by atoms with Crippen LogP contribution in [-0.2, 0) is 13.2 Å². The second kappa shape index (κ2) is 5.94. The van der Waals surface area contributed by atoms with Gasteiger partial charge in [-0.3, -0.25) is 9.48 Å². The van der Waals surface area contributed by atoms with Crippen LogP contribution in [0.2, 0.25) is 10.0 Å². The van der Waals surface area contributed by atoms with Crippen LogP contribution in [0.15, 0.2) is 24.3 Å². The maximum atomic E-state index is 13.0. The molecule has 0 aliphatic carbocycles. The molecule has 3 rings (SSSR count). The average molecular weight is 394 g/mol. The van der Waals surface area contributed by atoms with Crippen LogP contribution in [0.4, 0.5) is 18.9 Å². The van der Waals surface area contributed by atoms with Crippen molar-refractivity contribution in [2.45, 2.75) is 6.18 Å². The van der Waals surface area contributed by atoms with Crippen molar-refractivity contribution >= 4 is 56.3 Å². The molecule has 1 N–H and O–H groups in total. The monoisotopic (exact) mass is 393 g/mol. The summed E-state index contributed by atoms with van der Waals surface area (Å²) in [4.78, 5) is 12.7. The number of benzene rings is 1. The van der Waals surface area contributed by atoms with E-state index in [9.17, 15) is 18.0 Å². The highest BCUT2D eigenvalue weighted by atomic mass is 35.5. The first-order valence-electron chi connectivity index (χ1n) is 6.47. The van der Waals surface area contributed by atoms with Crippen LogP contribution < -0.4 is 5.32 Å². The summed E-state index contributed by atoms with van der Waals surface area (Å²) in [7, 11) is 1.39. The van der Waals surface area contributed by atoms with E-state index in [0.29, 0.717) is 0 Å². The Hall–Kier alpha value is -1.77. The van der Waals surface area contributed by atoms with Crippen molar-refractivity contribution in [1.82, 2.24) is 9.78 Å². The maximum Gasteiger partial charge on any atom is 0.435 e. The Morgan fingerprint density at radius 2 is 2.04 bits per heavy atom. The summed E-state index contributed by atoms with van der Waals surface area (Å²) in [6.45, 7) is 0. The van der Waals surface area contributed by atoms with Crippen LogP contribution in [0, 0.1) is 0 Å². The molecule has 0 atom stereocenters. The fourth-order valence-corrected chi connectivity index (χ4v) is 3.46. The summed E-state index contributed by atoms with van der Waals surface area (Å²) in [6.07, 6.45) is -4.59. The lowest BCUT2D eigenvalue weighted by molar-refractivity contribution is -0.140. The van der Waals surface area contributed by atoms with E-state index >= 15 is 0 Å². The number of hydrogen-bond acceptors (Lipinski definition) is 3. The minimum absolute atomic E-state index is 0.111. The molecule has 0 aliphatic rings. The number of carbonyl (C=O) groups excluding carboxylic acids is 1. The van der Waals surface area contributed by atoms with Crippen molar-refractivity contribution in [1.29, 1.82) is 0 Å². The standard InChI is InChI=1S/C14H8Cl2F3N3OS/c1-22-13-6(11(21-22)14(17,18)19)5-9(24-13)12(23)20-8-4-2-3-7(15)10(8)16/h2-5H,1H3,(H,20,23). The van der Waals surface area contributed by atoms with Gasteiger partial charge in [-0.2, -0.15) is 18.3 Å². The molecule has 4 nitrogen and oxygen atoms in total. The highest BCUT2D eigenvalue weighted by molar-refractivity contribution is 7.20. The summed E-state index contributed by atoms with van der Waals surface area (Å²) in [5.74, 6) is -0.575. The third-order valence-corrected chi connectivity index (χ3v) is 5.22. The molecule has 0 fully saturated rings. The second-order valence-electron chi connectivity index (χ2n) is 4.85. The number of alkyl halides is 3. The van der Waals surface area contributed by atoms with E-state index in [2.05, 4.69) is 10.4 Å². The number of fused-ring (bicyclic) bond motifs is 1. The van der Waals surface area contributed by atoms with E-state index in [4.69, 9.17) is 23.2 Å². The number of halogens is 5. The SMILES string of the molecule is Cn1nc(C(F)(F)F)c2cc(C(=O)Nc3cccc(Cl)c3Cl)sc21. The summed E-state index contributed by atoms with van der Waals surface area (Å²) in [5, 5.41) is 6.31. The number of nitrogens with zero attached hydrogens (tertiary/aromatic N) is 2. The number of nitrogens with one attached hydrogen (secondary N) is 1. The number of anilines is 1. The summed E-state index contributed by atoms with van der Waals surface area (Å²) >= 11 is 12.8. The molecule has 10 heteroatoms. The van der Waals surface area contributed by atoms with Gasteiger partial charge in [0.25, 0.3) is 5.91 Å². The van der Waals surface area contributed by atoms with Gasteiger partial charge in [-0.05, 0) is 18.2 Å². The van der Waals surface area contributed by atoms with Gasteiger partial charge in [-0.15, -0.1) is 11.3 Å². The predicted octanol–water partition coefficient (Wildman–Crippen LogP) is 5.21. The van der Waals surface area contributed by atoms with Gasteiger partial charge in [0.15, 0.2) is 5.69 Å². The van der Waals surface area contributed by atoms with E-state index in [1.807, 2.05) is 0 Å². The van der Waals surface area contributed by atoms with E-state index in [-0.39, 0.29) is 30.8 Å². The molecule has 0 unspecified atom stereocenters. The van der Waals surface area contributed by atoms with E-state index < -0.39 is 17.8 Å². The fraction of sp³-hybridized carbons (Fsp3) is 0.143. The Bertz CT molecular complexity index is 949. The van der Waals surface area contributed by atoms with E-state index in [0.717, 1.165) is 16.0 Å². The topological polar surface area (TPSA) is 46.9 Å². The predicted molar refractivity (Wildman–Crippen MR) is 88.0 cm³/mol. The second-order valence-corrected chi connectivity index (χ2v) is 6.67. The van der Waals surface area contributed by atoms with Crippen LogP contribution in [0.25, 0.3) is 10.2 Å². The maximum absolute atomic E-state index is 13.0. The molecule has 24 heavy (non-hydrogen) atoms. The normalized spacial score (nSPS) is 11.9. The molecule has 0 radical (unpaired) electrons. The molecule has 2 heterocycles. The summed E-state index contributed by atoms with van der Waals surface area (Å²) < 4.78 is 40.0. The smallest absolute Gasteiger partial charge is 0.320 e. The lowest BCUT2D eigenvalue weighted by atomic mass is 10.2. The van der Waals surface area contributed by atoms with Gasteiger partial charge in [0, 0.05) is 12.4 Å². The van der Waals surface area contributed by atoms with Gasteiger partial charge in [-0.1, -0.05) is 29.3 Å². The first kappa shape index (κ1) is 17.1. The molecule has 0 spiro atoms. The Labute approximate surface area is 147 Å². The molecule has 126 valence electrons. The van der Waals surface area contributed by atoms with Crippen LogP contribution in [-0.4, -0.2) is 15.7 Å². The number of aromatic nitrogens is 2. The largest absolute Gasteiger partial charge is 0.435 e. The highest BCUT2D eigenvalue weighted by Gasteiger charge is 2.37. The zero-order valence-corrected chi connectivity index (χ0v) is 14.2. The Morgan fingerprint density at radius 1 is 1.33 bits per heavy atom. The van der Waals surface area contributed by atoms with Crippen molar-refractivity contribution in [3.8, 4) is 0 Å². The first-order chi connectivity index (χ1) is 11.2. The number of amides is 1. The van der Waals surface area contributed by atoms with Crippen molar-refractivity contribution < 1.29 is 18.0 Å². The van der Waals surface area contributed by atoms with Crippen molar-refractivity contribution in [3.05, 3.63) is 44.9 Å².